The van der Waals surface area contributed by atoms with E-state index in [-0.39, 0.29) is 6.42 Å². The lowest BCUT2D eigenvalue weighted by Crippen LogP contribution is -2.46. The summed E-state index contributed by atoms with van der Waals surface area (Å²) in [6, 6.07) is 8.99. The number of hydrogen-bond acceptors (Lipinski definition) is 4. The number of anilines is 1. The van der Waals surface area contributed by atoms with Crippen molar-refractivity contribution >= 4 is 17.7 Å². The van der Waals surface area contributed by atoms with Crippen molar-refractivity contribution in [3.63, 3.8) is 0 Å². The van der Waals surface area contributed by atoms with Gasteiger partial charge < -0.3 is 20.1 Å². The Hall–Kier alpha value is -2.08. The molecule has 1 fully saturated rings. The monoisotopic (exact) mass is 306 g/mol. The van der Waals surface area contributed by atoms with E-state index in [1.54, 1.807) is 24.3 Å². The fourth-order valence-corrected chi connectivity index (χ4v) is 2.28. The number of nitrogens with zero attached hydrogens (tertiary/aromatic N) is 1. The fourth-order valence-electron chi connectivity index (χ4n) is 2.28. The Morgan fingerprint density at radius 2 is 2.09 bits per heavy atom. The van der Waals surface area contributed by atoms with Gasteiger partial charge in [-0.2, -0.15) is 0 Å². The molecule has 1 unspecified atom stereocenters. The van der Waals surface area contributed by atoms with Crippen LogP contribution in [0, 0.1) is 5.92 Å². The lowest BCUT2D eigenvalue weighted by molar-refractivity contribution is -0.175. The molecule has 6 heteroatoms. The first kappa shape index (κ1) is 16.3. The maximum Gasteiger partial charge on any atom is 0.410 e. The lowest BCUT2D eigenvalue weighted by Gasteiger charge is -2.22. The highest BCUT2D eigenvalue weighted by molar-refractivity contribution is 6.01. The highest BCUT2D eigenvalue weighted by Gasteiger charge is 2.49. The van der Waals surface area contributed by atoms with E-state index in [0.29, 0.717) is 24.7 Å². The largest absolute Gasteiger partial charge is 0.410 e. The summed E-state index contributed by atoms with van der Waals surface area (Å²) in [4.78, 5) is 25.4. The van der Waals surface area contributed by atoms with Crippen molar-refractivity contribution in [3.8, 4) is 0 Å². The van der Waals surface area contributed by atoms with Crippen molar-refractivity contribution in [1.82, 2.24) is 5.32 Å². The van der Waals surface area contributed by atoms with E-state index >= 15 is 0 Å². The second-order valence-corrected chi connectivity index (χ2v) is 5.83. The van der Waals surface area contributed by atoms with Gasteiger partial charge in [0.25, 0.3) is 11.7 Å². The molecular weight excluding hydrogens is 284 g/mol. The molecule has 1 aliphatic rings. The van der Waals surface area contributed by atoms with Gasteiger partial charge in [-0.25, -0.2) is 4.79 Å². The SMILES string of the molecule is CC(C)CCNC(=O)OC1(O)CCN(c2ccccc2)C1=O. The molecule has 0 saturated carbocycles. The van der Waals surface area contributed by atoms with Crippen LogP contribution in [0.5, 0.6) is 0 Å². The summed E-state index contributed by atoms with van der Waals surface area (Å²) in [6.07, 6.45) is 0.0852. The summed E-state index contributed by atoms with van der Waals surface area (Å²) in [5, 5.41) is 12.8. The number of benzene rings is 1. The zero-order chi connectivity index (χ0) is 16.2. The highest BCUT2D eigenvalue weighted by atomic mass is 16.7. The average molecular weight is 306 g/mol. The predicted molar refractivity (Wildman–Crippen MR) is 82.3 cm³/mol. The Labute approximate surface area is 130 Å². The quantitative estimate of drug-likeness (QED) is 0.814. The van der Waals surface area contributed by atoms with Gasteiger partial charge in [0.1, 0.15) is 0 Å². The van der Waals surface area contributed by atoms with Crippen LogP contribution in [-0.2, 0) is 9.53 Å². The molecule has 1 aliphatic heterocycles. The van der Waals surface area contributed by atoms with Gasteiger partial charge in [-0.3, -0.25) is 4.79 Å². The minimum atomic E-state index is -2.09. The number of para-hydroxylation sites is 1. The third-order valence-electron chi connectivity index (χ3n) is 3.57. The molecule has 1 atom stereocenters. The Kier molecular flexibility index (Phi) is 5.03. The summed E-state index contributed by atoms with van der Waals surface area (Å²) in [5.41, 5.74) is 0.673. The molecule has 0 bridgehead atoms. The molecule has 0 spiro atoms. The van der Waals surface area contributed by atoms with Crippen LogP contribution in [0.3, 0.4) is 0 Å². The minimum Gasteiger partial charge on any atom is -0.407 e. The van der Waals surface area contributed by atoms with Gasteiger partial charge in [0.15, 0.2) is 0 Å². The van der Waals surface area contributed by atoms with E-state index in [0.717, 1.165) is 6.42 Å². The Morgan fingerprint density at radius 3 is 2.73 bits per heavy atom. The molecule has 1 heterocycles. The predicted octanol–water partition coefficient (Wildman–Crippen LogP) is 1.88. The van der Waals surface area contributed by atoms with Gasteiger partial charge in [-0.15, -0.1) is 0 Å². The summed E-state index contributed by atoms with van der Waals surface area (Å²) in [5.74, 6) is -2.25. The van der Waals surface area contributed by atoms with Crippen LogP contribution in [0.25, 0.3) is 0 Å². The second kappa shape index (κ2) is 6.79. The maximum absolute atomic E-state index is 12.3. The smallest absolute Gasteiger partial charge is 0.407 e. The van der Waals surface area contributed by atoms with Gasteiger partial charge >= 0.3 is 6.09 Å². The second-order valence-electron chi connectivity index (χ2n) is 5.83. The number of rotatable bonds is 5. The summed E-state index contributed by atoms with van der Waals surface area (Å²) < 4.78 is 4.96. The first-order valence-electron chi connectivity index (χ1n) is 7.48. The number of aliphatic hydroxyl groups is 1. The van der Waals surface area contributed by atoms with Crippen LogP contribution in [0.15, 0.2) is 30.3 Å². The molecule has 22 heavy (non-hydrogen) atoms. The van der Waals surface area contributed by atoms with Crippen molar-refractivity contribution in [1.29, 1.82) is 0 Å². The fraction of sp³-hybridized carbons (Fsp3) is 0.500. The Morgan fingerprint density at radius 1 is 1.41 bits per heavy atom. The topological polar surface area (TPSA) is 78.9 Å². The van der Waals surface area contributed by atoms with Gasteiger partial charge in [-0.1, -0.05) is 32.0 Å². The standard InChI is InChI=1S/C16H22N2O4/c1-12(2)8-10-17-15(20)22-16(21)9-11-18(14(16)19)13-6-4-3-5-7-13/h3-7,12,21H,8-11H2,1-2H3,(H,17,20). The van der Waals surface area contributed by atoms with E-state index in [9.17, 15) is 14.7 Å². The molecule has 0 aliphatic carbocycles. The van der Waals surface area contributed by atoms with Gasteiger partial charge in [0.05, 0.1) is 0 Å². The zero-order valence-electron chi connectivity index (χ0n) is 12.9. The van der Waals surface area contributed by atoms with E-state index in [4.69, 9.17) is 4.74 Å². The average Bonchev–Trinajstić information content (AvgIpc) is 2.75. The molecular formula is C16H22N2O4. The first-order valence-corrected chi connectivity index (χ1v) is 7.48. The number of nitrogens with one attached hydrogen (secondary N) is 1. The molecule has 2 amide bonds. The van der Waals surface area contributed by atoms with Crippen LogP contribution in [0.4, 0.5) is 10.5 Å². The van der Waals surface area contributed by atoms with Crippen molar-refractivity contribution in [2.24, 2.45) is 5.92 Å². The summed E-state index contributed by atoms with van der Waals surface area (Å²) in [7, 11) is 0. The van der Waals surface area contributed by atoms with E-state index < -0.39 is 17.8 Å². The van der Waals surface area contributed by atoms with Gasteiger partial charge in [-0.05, 0) is 24.5 Å². The molecule has 0 aromatic heterocycles. The molecule has 1 aromatic rings. The van der Waals surface area contributed by atoms with Crippen LogP contribution < -0.4 is 10.2 Å². The number of ether oxygens (including phenoxy) is 1. The van der Waals surface area contributed by atoms with E-state index in [1.807, 2.05) is 19.9 Å². The van der Waals surface area contributed by atoms with Crippen molar-refractivity contribution in [2.75, 3.05) is 18.0 Å². The summed E-state index contributed by atoms with van der Waals surface area (Å²) in [6.45, 7) is 4.83. The maximum atomic E-state index is 12.3. The number of amides is 2. The minimum absolute atomic E-state index is 0.0539. The van der Waals surface area contributed by atoms with Crippen LogP contribution in [0.1, 0.15) is 26.7 Å². The van der Waals surface area contributed by atoms with Crippen LogP contribution in [0.2, 0.25) is 0 Å². The molecule has 6 nitrogen and oxygen atoms in total. The molecule has 0 radical (unpaired) electrons. The van der Waals surface area contributed by atoms with E-state index in [1.165, 1.54) is 4.90 Å². The van der Waals surface area contributed by atoms with Crippen molar-refractivity contribution in [2.45, 2.75) is 32.5 Å². The number of alkyl carbamates (subject to hydrolysis) is 1. The third-order valence-corrected chi connectivity index (χ3v) is 3.57. The molecule has 2 rings (SSSR count). The zero-order valence-corrected chi connectivity index (χ0v) is 12.9. The van der Waals surface area contributed by atoms with Crippen molar-refractivity contribution in [3.05, 3.63) is 30.3 Å². The first-order chi connectivity index (χ1) is 10.4. The van der Waals surface area contributed by atoms with Gasteiger partial charge in [0, 0.05) is 25.2 Å². The summed E-state index contributed by atoms with van der Waals surface area (Å²) >= 11 is 0. The number of hydrogen-bond donors (Lipinski definition) is 2. The van der Waals surface area contributed by atoms with Crippen LogP contribution >= 0.6 is 0 Å². The number of carbonyl (C=O) groups is 2. The van der Waals surface area contributed by atoms with Gasteiger partial charge in [0.2, 0.25) is 0 Å². The lowest BCUT2D eigenvalue weighted by atomic mass is 10.1. The number of carbonyl (C=O) groups excluding carboxylic acids is 2. The third kappa shape index (κ3) is 3.76. The van der Waals surface area contributed by atoms with E-state index in [2.05, 4.69) is 5.32 Å². The van der Waals surface area contributed by atoms with Crippen molar-refractivity contribution < 1.29 is 19.4 Å². The highest BCUT2D eigenvalue weighted by Crippen LogP contribution is 2.29. The molecule has 120 valence electrons. The molecule has 1 aromatic carbocycles. The molecule has 2 N–H and O–H groups in total. The molecule has 1 saturated heterocycles. The van der Waals surface area contributed by atoms with Crippen LogP contribution in [-0.4, -0.2) is 36.0 Å². The Balaban J connectivity index is 1.94. The Bertz CT molecular complexity index is 532. The normalized spacial score (nSPS) is 21.3.